The number of amides is 1. The van der Waals surface area contributed by atoms with Crippen molar-refractivity contribution < 1.29 is 32.9 Å². The summed E-state index contributed by atoms with van der Waals surface area (Å²) in [5.41, 5.74) is -0.810. The third kappa shape index (κ3) is 10.3. The minimum atomic E-state index is -0.560. The molecule has 262 valence electrons. The minimum Gasteiger partial charge on any atom is -0.467 e. The van der Waals surface area contributed by atoms with Crippen LogP contribution < -0.4 is 9.64 Å². The third-order valence-corrected chi connectivity index (χ3v) is 9.24. The maximum atomic E-state index is 14.8. The predicted molar refractivity (Wildman–Crippen MR) is 183 cm³/mol. The largest absolute Gasteiger partial charge is 0.467 e. The van der Waals surface area contributed by atoms with Gasteiger partial charge in [0.15, 0.2) is 5.82 Å². The predicted octanol–water partition coefficient (Wildman–Crippen LogP) is 6.61. The molecule has 14 heteroatoms. The van der Waals surface area contributed by atoms with Crippen molar-refractivity contribution in [2.45, 2.75) is 96.9 Å². The molecule has 0 saturated carbocycles. The lowest BCUT2D eigenvalue weighted by Crippen LogP contribution is -2.57. The standard InChI is InChI=1S/C20H23BrClFN4O3.C13H25NO3/c1-20(2,3)30-19(28)27-10-5-6-11(27)9-26(8-10)17-12-7-13(22)14(21)15(23)16(12)24-18(25-17)29-4;1-13(2,3)17-12(15)6-11-16-10-5-9-14-7-4-8-14/h7,10-11H,5-6,8-9H2,1-4H3;4-11H2,1-3H3. The first-order valence-electron chi connectivity index (χ1n) is 16.2. The van der Waals surface area contributed by atoms with E-state index < -0.39 is 17.0 Å². The number of methoxy groups -OCH3 is 1. The summed E-state index contributed by atoms with van der Waals surface area (Å²) in [7, 11) is 1.44. The number of nitrogens with zero attached hydrogens (tertiary/aromatic N) is 5. The number of rotatable bonds is 9. The average molecular weight is 745 g/mol. The molecule has 1 aromatic heterocycles. The highest BCUT2D eigenvalue weighted by molar-refractivity contribution is 9.10. The number of fused-ring (bicyclic) bond motifs is 3. The van der Waals surface area contributed by atoms with Crippen LogP contribution in [0.1, 0.15) is 73.6 Å². The fourth-order valence-electron chi connectivity index (χ4n) is 5.80. The summed E-state index contributed by atoms with van der Waals surface area (Å²) < 4.78 is 36.4. The van der Waals surface area contributed by atoms with Crippen LogP contribution in [0.4, 0.5) is 15.0 Å². The van der Waals surface area contributed by atoms with Gasteiger partial charge in [-0.2, -0.15) is 9.97 Å². The number of anilines is 1. The van der Waals surface area contributed by atoms with E-state index in [0.29, 0.717) is 37.3 Å². The van der Waals surface area contributed by atoms with Gasteiger partial charge in [0, 0.05) is 31.6 Å². The summed E-state index contributed by atoms with van der Waals surface area (Å²) in [6, 6.07) is 1.71. The van der Waals surface area contributed by atoms with Crippen LogP contribution in [0.2, 0.25) is 5.02 Å². The second-order valence-corrected chi connectivity index (χ2v) is 15.3. The first-order chi connectivity index (χ1) is 22.1. The van der Waals surface area contributed by atoms with Gasteiger partial charge in [0.2, 0.25) is 0 Å². The van der Waals surface area contributed by atoms with Gasteiger partial charge in [-0.1, -0.05) is 11.6 Å². The summed E-state index contributed by atoms with van der Waals surface area (Å²) in [5, 5.41) is 0.747. The van der Waals surface area contributed by atoms with Crippen molar-refractivity contribution in [3.05, 3.63) is 21.4 Å². The second-order valence-electron chi connectivity index (χ2n) is 14.1. The smallest absolute Gasteiger partial charge is 0.410 e. The lowest BCUT2D eigenvalue weighted by Gasteiger charge is -2.42. The fourth-order valence-corrected chi connectivity index (χ4v) is 6.30. The molecule has 2 unspecified atom stereocenters. The summed E-state index contributed by atoms with van der Waals surface area (Å²) in [4.78, 5) is 39.1. The third-order valence-electron chi connectivity index (χ3n) is 7.94. The molecule has 1 amide bonds. The number of carbonyl (C=O) groups is 2. The Morgan fingerprint density at radius 2 is 1.66 bits per heavy atom. The molecule has 3 saturated heterocycles. The zero-order valence-corrected chi connectivity index (χ0v) is 30.9. The molecule has 0 radical (unpaired) electrons. The molecule has 2 aromatic rings. The van der Waals surface area contributed by atoms with Crippen LogP contribution >= 0.6 is 27.5 Å². The molecule has 3 fully saturated rings. The number of carbonyl (C=O) groups excluding carboxylic acids is 2. The highest BCUT2D eigenvalue weighted by atomic mass is 79.9. The van der Waals surface area contributed by atoms with Crippen LogP contribution in [-0.2, 0) is 19.0 Å². The van der Waals surface area contributed by atoms with Crippen molar-refractivity contribution in [2.75, 3.05) is 57.9 Å². The summed E-state index contributed by atoms with van der Waals surface area (Å²) in [6.07, 6.45) is 4.19. The zero-order valence-electron chi connectivity index (χ0n) is 28.5. The summed E-state index contributed by atoms with van der Waals surface area (Å²) in [6.45, 7) is 17.1. The van der Waals surface area contributed by atoms with Crippen molar-refractivity contribution in [1.29, 1.82) is 0 Å². The molecule has 2 bridgehead atoms. The van der Waals surface area contributed by atoms with E-state index in [9.17, 15) is 14.0 Å². The first-order valence-corrected chi connectivity index (χ1v) is 17.4. The number of halogens is 3. The lowest BCUT2D eigenvalue weighted by molar-refractivity contribution is -0.156. The van der Waals surface area contributed by atoms with Crippen molar-refractivity contribution >= 4 is 56.3 Å². The highest BCUT2D eigenvalue weighted by Crippen LogP contribution is 2.39. The average Bonchev–Trinajstić information content (AvgIpc) is 3.22. The van der Waals surface area contributed by atoms with E-state index >= 15 is 0 Å². The molecule has 1 aromatic carbocycles. The Morgan fingerprint density at radius 1 is 1.02 bits per heavy atom. The molecule has 0 spiro atoms. The Kier molecular flexibility index (Phi) is 12.6. The van der Waals surface area contributed by atoms with E-state index in [1.54, 1.807) is 6.07 Å². The maximum Gasteiger partial charge on any atom is 0.410 e. The van der Waals surface area contributed by atoms with Gasteiger partial charge >= 0.3 is 18.1 Å². The Balaban J connectivity index is 0.000000251. The molecule has 0 N–H and O–H groups in total. The van der Waals surface area contributed by atoms with Crippen molar-refractivity contribution in [3.63, 3.8) is 0 Å². The number of piperazine rings is 1. The van der Waals surface area contributed by atoms with Gasteiger partial charge in [-0.15, -0.1) is 0 Å². The maximum absolute atomic E-state index is 14.8. The summed E-state index contributed by atoms with van der Waals surface area (Å²) in [5.74, 6) is -0.194. The number of ether oxygens (including phenoxy) is 4. The van der Waals surface area contributed by atoms with Gasteiger partial charge in [-0.3, -0.25) is 9.69 Å². The zero-order chi connectivity index (χ0) is 34.5. The van der Waals surface area contributed by atoms with E-state index in [2.05, 4.69) is 35.7 Å². The number of likely N-dealkylation sites (tertiary alicyclic amines) is 1. The molecular weight excluding hydrogens is 697 g/mol. The van der Waals surface area contributed by atoms with Crippen LogP contribution in [0, 0.1) is 5.82 Å². The first kappa shape index (κ1) is 37.3. The second kappa shape index (κ2) is 15.8. The Bertz CT molecular complexity index is 1400. The van der Waals surface area contributed by atoms with Gasteiger partial charge in [0.05, 0.1) is 41.7 Å². The molecule has 11 nitrogen and oxygen atoms in total. The van der Waals surface area contributed by atoms with E-state index in [1.165, 1.54) is 26.6 Å². The van der Waals surface area contributed by atoms with Crippen LogP contribution in [0.3, 0.4) is 0 Å². The van der Waals surface area contributed by atoms with E-state index in [1.807, 2.05) is 46.4 Å². The lowest BCUT2D eigenvalue weighted by atomic mass is 10.1. The molecule has 4 heterocycles. The van der Waals surface area contributed by atoms with Gasteiger partial charge in [0.25, 0.3) is 0 Å². The molecule has 47 heavy (non-hydrogen) atoms. The molecule has 3 aliphatic heterocycles. The SMILES string of the molecule is CC(C)(C)OC(=O)CCOCCCN1CCC1.COc1nc(N2CC3CCC(C2)N3C(=O)OC(C)(C)C)c2cc(Cl)c(Br)c(F)c2n1. The highest BCUT2D eigenvalue weighted by Gasteiger charge is 2.45. The van der Waals surface area contributed by atoms with Gasteiger partial charge in [0.1, 0.15) is 22.5 Å². The Hall–Kier alpha value is -2.48. The number of benzene rings is 1. The molecule has 5 rings (SSSR count). The van der Waals surface area contributed by atoms with Gasteiger partial charge in [-0.25, -0.2) is 9.18 Å². The van der Waals surface area contributed by atoms with Gasteiger partial charge < -0.3 is 28.7 Å². The van der Waals surface area contributed by atoms with Crippen LogP contribution in [0.25, 0.3) is 10.9 Å². The number of hydrogen-bond donors (Lipinski definition) is 0. The molecule has 2 atom stereocenters. The van der Waals surface area contributed by atoms with Crippen LogP contribution in [0.15, 0.2) is 10.5 Å². The summed E-state index contributed by atoms with van der Waals surface area (Å²) >= 11 is 9.38. The molecular formula is C33H48BrClFN5O6. The van der Waals surface area contributed by atoms with E-state index in [-0.39, 0.29) is 45.2 Å². The minimum absolute atomic E-state index is 0.00891. The van der Waals surface area contributed by atoms with Crippen molar-refractivity contribution in [2.24, 2.45) is 0 Å². The van der Waals surface area contributed by atoms with Crippen molar-refractivity contribution in [3.8, 4) is 6.01 Å². The Morgan fingerprint density at radius 3 is 2.21 bits per heavy atom. The fraction of sp³-hybridized carbons (Fsp3) is 0.697. The number of hydrogen-bond acceptors (Lipinski definition) is 10. The van der Waals surface area contributed by atoms with Crippen LogP contribution in [0.5, 0.6) is 6.01 Å². The monoisotopic (exact) mass is 743 g/mol. The van der Waals surface area contributed by atoms with Gasteiger partial charge in [-0.05, 0) is 102 Å². The van der Waals surface area contributed by atoms with E-state index in [0.717, 1.165) is 32.4 Å². The Labute approximate surface area is 290 Å². The van der Waals surface area contributed by atoms with Crippen LogP contribution in [-0.4, -0.2) is 108 Å². The number of esters is 1. The molecule has 3 aliphatic rings. The topological polar surface area (TPSA) is 107 Å². The quantitative estimate of drug-likeness (QED) is 0.158. The van der Waals surface area contributed by atoms with E-state index in [4.69, 9.17) is 30.5 Å². The molecule has 0 aliphatic carbocycles. The number of aromatic nitrogens is 2. The van der Waals surface area contributed by atoms with Crippen molar-refractivity contribution in [1.82, 2.24) is 19.8 Å². The normalized spacial score (nSPS) is 19.6.